The summed E-state index contributed by atoms with van der Waals surface area (Å²) in [5.74, 6) is -1.43. The number of rotatable bonds is 4. The molecule has 2 unspecified atom stereocenters. The first-order valence-electron chi connectivity index (χ1n) is 4.70. The van der Waals surface area contributed by atoms with Crippen molar-refractivity contribution in [3.05, 3.63) is 12.2 Å². The van der Waals surface area contributed by atoms with Crippen molar-refractivity contribution in [3.63, 3.8) is 0 Å². The highest BCUT2D eigenvalue weighted by Crippen LogP contribution is 2.26. The second kappa shape index (κ2) is 4.79. The minimum atomic E-state index is -0.795. The third-order valence-electron chi connectivity index (χ3n) is 2.44. The van der Waals surface area contributed by atoms with Gasteiger partial charge in [0.2, 0.25) is 0 Å². The average molecular weight is 198 g/mol. The molecule has 0 heterocycles. The van der Waals surface area contributed by atoms with Crippen LogP contribution in [0.3, 0.4) is 0 Å². The highest BCUT2D eigenvalue weighted by Gasteiger charge is 2.19. The molecule has 1 aliphatic carbocycles. The lowest BCUT2D eigenvalue weighted by Crippen LogP contribution is -2.14. The molecule has 0 saturated carbocycles. The summed E-state index contributed by atoms with van der Waals surface area (Å²) in [6.07, 6.45) is 5.53. The van der Waals surface area contributed by atoms with Crippen molar-refractivity contribution in [2.75, 3.05) is 0 Å². The minimum absolute atomic E-state index is 0.0811. The van der Waals surface area contributed by atoms with Crippen LogP contribution in [0, 0.1) is 11.8 Å². The monoisotopic (exact) mass is 198 g/mol. The van der Waals surface area contributed by atoms with E-state index < -0.39 is 11.9 Å². The molecule has 0 spiro atoms. The molecular formula is C10H14O4. The van der Waals surface area contributed by atoms with Crippen molar-refractivity contribution in [2.45, 2.75) is 25.7 Å². The Balaban J connectivity index is 2.39. The zero-order valence-electron chi connectivity index (χ0n) is 7.85. The molecular weight excluding hydrogens is 184 g/mol. The van der Waals surface area contributed by atoms with Crippen molar-refractivity contribution in [2.24, 2.45) is 11.8 Å². The predicted molar refractivity (Wildman–Crippen MR) is 49.9 cm³/mol. The summed E-state index contributed by atoms with van der Waals surface area (Å²) >= 11 is 0. The van der Waals surface area contributed by atoms with Crippen molar-refractivity contribution in [3.8, 4) is 0 Å². The van der Waals surface area contributed by atoms with Gasteiger partial charge >= 0.3 is 11.9 Å². The summed E-state index contributed by atoms with van der Waals surface area (Å²) in [6.45, 7) is 0. The normalized spacial score (nSPS) is 26.0. The summed E-state index contributed by atoms with van der Waals surface area (Å²) in [6, 6.07) is 0. The average Bonchev–Trinajstić information content (AvgIpc) is 2.06. The standard InChI is InChI=1S/C10H14O4/c11-9(12)5-7-1-2-8(4-3-7)6-10(13)14/h1-2,7-8H,3-6H2,(H,11,12)(H,13,14). The van der Waals surface area contributed by atoms with Gasteiger partial charge in [-0.2, -0.15) is 0 Å². The highest BCUT2D eigenvalue weighted by molar-refractivity contribution is 5.68. The van der Waals surface area contributed by atoms with Gasteiger partial charge in [0.1, 0.15) is 0 Å². The quantitative estimate of drug-likeness (QED) is 0.671. The highest BCUT2D eigenvalue weighted by atomic mass is 16.4. The molecule has 2 atom stereocenters. The van der Waals surface area contributed by atoms with E-state index in [0.717, 1.165) is 12.8 Å². The first-order chi connectivity index (χ1) is 6.58. The summed E-state index contributed by atoms with van der Waals surface area (Å²) in [7, 11) is 0. The maximum atomic E-state index is 10.4. The van der Waals surface area contributed by atoms with E-state index in [1.165, 1.54) is 0 Å². The predicted octanol–water partition coefficient (Wildman–Crippen LogP) is 1.52. The van der Waals surface area contributed by atoms with Gasteiger partial charge in [-0.05, 0) is 24.7 Å². The fourth-order valence-corrected chi connectivity index (χ4v) is 1.72. The summed E-state index contributed by atoms with van der Waals surface area (Å²) < 4.78 is 0. The first kappa shape index (κ1) is 10.8. The van der Waals surface area contributed by atoms with Crippen molar-refractivity contribution < 1.29 is 19.8 Å². The molecule has 0 fully saturated rings. The van der Waals surface area contributed by atoms with Gasteiger partial charge in [-0.3, -0.25) is 9.59 Å². The van der Waals surface area contributed by atoms with Crippen LogP contribution in [0.2, 0.25) is 0 Å². The molecule has 0 amide bonds. The lowest BCUT2D eigenvalue weighted by atomic mass is 9.85. The number of aliphatic carboxylic acids is 2. The van der Waals surface area contributed by atoms with Crippen molar-refractivity contribution >= 4 is 11.9 Å². The van der Waals surface area contributed by atoms with Gasteiger partial charge < -0.3 is 10.2 Å². The number of allylic oxidation sites excluding steroid dienone is 2. The second-order valence-electron chi connectivity index (χ2n) is 3.68. The van der Waals surface area contributed by atoms with Gasteiger partial charge in [-0.15, -0.1) is 0 Å². The van der Waals surface area contributed by atoms with Gasteiger partial charge in [0.15, 0.2) is 0 Å². The maximum Gasteiger partial charge on any atom is 0.303 e. The Morgan fingerprint density at radius 2 is 1.36 bits per heavy atom. The van der Waals surface area contributed by atoms with Crippen LogP contribution in [0.25, 0.3) is 0 Å². The van der Waals surface area contributed by atoms with Crippen LogP contribution in [0.5, 0.6) is 0 Å². The lowest BCUT2D eigenvalue weighted by Gasteiger charge is -2.20. The SMILES string of the molecule is O=C(O)CC1C=CC(CC(=O)O)CC1. The smallest absolute Gasteiger partial charge is 0.303 e. The Morgan fingerprint density at radius 1 is 1.00 bits per heavy atom. The molecule has 14 heavy (non-hydrogen) atoms. The Labute approximate surface area is 82.2 Å². The minimum Gasteiger partial charge on any atom is -0.481 e. The molecule has 4 nitrogen and oxygen atoms in total. The number of hydrogen-bond donors (Lipinski definition) is 2. The molecule has 0 aromatic heterocycles. The topological polar surface area (TPSA) is 74.6 Å². The second-order valence-corrected chi connectivity index (χ2v) is 3.68. The van der Waals surface area contributed by atoms with Crippen molar-refractivity contribution in [1.29, 1.82) is 0 Å². The van der Waals surface area contributed by atoms with Crippen LogP contribution in [-0.2, 0) is 9.59 Å². The Morgan fingerprint density at radius 3 is 1.57 bits per heavy atom. The lowest BCUT2D eigenvalue weighted by molar-refractivity contribution is -0.139. The number of carbonyl (C=O) groups is 2. The number of hydrogen-bond acceptors (Lipinski definition) is 2. The molecule has 2 N–H and O–H groups in total. The van der Waals surface area contributed by atoms with Crippen LogP contribution in [0.1, 0.15) is 25.7 Å². The molecule has 0 aromatic rings. The Bertz CT molecular complexity index is 231. The van der Waals surface area contributed by atoms with Crippen LogP contribution in [0.4, 0.5) is 0 Å². The molecule has 1 aliphatic rings. The van der Waals surface area contributed by atoms with Gasteiger partial charge in [0.05, 0.1) is 12.8 Å². The van der Waals surface area contributed by atoms with Crippen LogP contribution < -0.4 is 0 Å². The summed E-state index contributed by atoms with van der Waals surface area (Å²) in [5, 5.41) is 17.1. The fraction of sp³-hybridized carbons (Fsp3) is 0.600. The van der Waals surface area contributed by atoms with E-state index in [2.05, 4.69) is 0 Å². The summed E-state index contributed by atoms with van der Waals surface area (Å²) in [4.78, 5) is 20.8. The van der Waals surface area contributed by atoms with Gasteiger partial charge in [0.25, 0.3) is 0 Å². The maximum absolute atomic E-state index is 10.4. The van der Waals surface area contributed by atoms with Gasteiger partial charge in [-0.1, -0.05) is 12.2 Å². The van der Waals surface area contributed by atoms with Crippen LogP contribution >= 0.6 is 0 Å². The fourth-order valence-electron chi connectivity index (χ4n) is 1.72. The molecule has 0 aromatic carbocycles. The number of carboxylic acid groups (broad SMARTS) is 2. The van der Waals surface area contributed by atoms with E-state index in [-0.39, 0.29) is 24.7 Å². The summed E-state index contributed by atoms with van der Waals surface area (Å²) in [5.41, 5.74) is 0. The third kappa shape index (κ3) is 3.60. The number of carboxylic acids is 2. The van der Waals surface area contributed by atoms with Crippen molar-refractivity contribution in [1.82, 2.24) is 0 Å². The molecule has 1 rings (SSSR count). The largest absolute Gasteiger partial charge is 0.481 e. The molecule has 0 bridgehead atoms. The van der Waals surface area contributed by atoms with Crippen LogP contribution in [-0.4, -0.2) is 22.2 Å². The molecule has 4 heteroatoms. The molecule has 0 radical (unpaired) electrons. The molecule has 78 valence electrons. The van der Waals surface area contributed by atoms with E-state index in [9.17, 15) is 9.59 Å². The van der Waals surface area contributed by atoms with Gasteiger partial charge in [-0.25, -0.2) is 0 Å². The zero-order valence-corrected chi connectivity index (χ0v) is 7.85. The van der Waals surface area contributed by atoms with E-state index in [1.807, 2.05) is 12.2 Å². The first-order valence-corrected chi connectivity index (χ1v) is 4.70. The van der Waals surface area contributed by atoms with E-state index in [1.54, 1.807) is 0 Å². The molecule has 0 saturated heterocycles. The third-order valence-corrected chi connectivity index (χ3v) is 2.44. The van der Waals surface area contributed by atoms with Crippen LogP contribution in [0.15, 0.2) is 12.2 Å². The Kier molecular flexibility index (Phi) is 3.68. The van der Waals surface area contributed by atoms with E-state index >= 15 is 0 Å². The molecule has 0 aliphatic heterocycles. The van der Waals surface area contributed by atoms with E-state index in [0.29, 0.717) is 0 Å². The zero-order chi connectivity index (χ0) is 10.6. The van der Waals surface area contributed by atoms with E-state index in [4.69, 9.17) is 10.2 Å². The Hall–Kier alpha value is -1.32. The van der Waals surface area contributed by atoms with Gasteiger partial charge in [0, 0.05) is 0 Å².